The number of rotatable bonds is 3. The van der Waals surface area contributed by atoms with Gasteiger partial charge in [0.05, 0.1) is 11.2 Å². The third kappa shape index (κ3) is 2.44. The van der Waals surface area contributed by atoms with E-state index in [2.05, 4.69) is 9.71 Å². The molecule has 1 aromatic heterocycles. The summed E-state index contributed by atoms with van der Waals surface area (Å²) < 4.78 is 27.3. The minimum absolute atomic E-state index is 0.491. The summed E-state index contributed by atoms with van der Waals surface area (Å²) in [5.41, 5.74) is 1.99. The van der Waals surface area contributed by atoms with Crippen LogP contribution in [0.2, 0.25) is 0 Å². The molecule has 1 N–H and O–H groups in total. The van der Waals surface area contributed by atoms with Crippen LogP contribution in [0.4, 0.5) is 5.69 Å². The molecule has 0 aliphatic rings. The maximum absolute atomic E-state index is 11.8. The Kier molecular flexibility index (Phi) is 3.23. The van der Waals surface area contributed by atoms with E-state index >= 15 is 0 Å². The first-order valence-corrected chi connectivity index (χ1v) is 6.91. The van der Waals surface area contributed by atoms with Crippen molar-refractivity contribution in [1.29, 1.82) is 0 Å². The van der Waals surface area contributed by atoms with Gasteiger partial charge >= 0.3 is 10.2 Å². The Morgan fingerprint density at radius 1 is 1.17 bits per heavy atom. The van der Waals surface area contributed by atoms with Crippen LogP contribution >= 0.6 is 0 Å². The molecule has 0 unspecified atom stereocenters. The van der Waals surface area contributed by atoms with Crippen molar-refractivity contribution >= 4 is 26.8 Å². The number of anilines is 1. The largest absolute Gasteiger partial charge is 0.301 e. The van der Waals surface area contributed by atoms with Gasteiger partial charge in [0, 0.05) is 25.2 Å². The summed E-state index contributed by atoms with van der Waals surface area (Å²) in [6, 6.07) is 9.22. The molecule has 0 atom stereocenters. The number of aromatic nitrogens is 1. The van der Waals surface area contributed by atoms with Crippen LogP contribution in [0.3, 0.4) is 0 Å². The van der Waals surface area contributed by atoms with Crippen molar-refractivity contribution in [3.8, 4) is 0 Å². The number of pyridine rings is 1. The van der Waals surface area contributed by atoms with E-state index in [0.717, 1.165) is 15.4 Å². The van der Waals surface area contributed by atoms with Crippen LogP contribution in [0.15, 0.2) is 30.3 Å². The SMILES string of the molecule is Cc1ccc2cccc(NS(=O)(=O)N(C)C)c2n1. The smallest absolute Gasteiger partial charge is 0.269 e. The van der Waals surface area contributed by atoms with Gasteiger partial charge in [-0.3, -0.25) is 9.71 Å². The van der Waals surface area contributed by atoms with Crippen LogP contribution in [0.1, 0.15) is 5.69 Å². The zero-order valence-corrected chi connectivity index (χ0v) is 11.3. The third-order valence-electron chi connectivity index (χ3n) is 2.58. The molecule has 0 fully saturated rings. The van der Waals surface area contributed by atoms with Crippen molar-refractivity contribution in [3.05, 3.63) is 36.0 Å². The molecular formula is C12H15N3O2S. The molecule has 2 aromatic rings. The first-order valence-electron chi connectivity index (χ1n) is 5.47. The summed E-state index contributed by atoms with van der Waals surface area (Å²) in [7, 11) is -0.556. The average Bonchev–Trinajstić information content (AvgIpc) is 2.29. The fourth-order valence-corrected chi connectivity index (χ4v) is 2.18. The molecule has 0 radical (unpaired) electrons. The van der Waals surface area contributed by atoms with Gasteiger partial charge in [-0.05, 0) is 19.1 Å². The van der Waals surface area contributed by atoms with Gasteiger partial charge in [-0.25, -0.2) is 0 Å². The molecule has 96 valence electrons. The van der Waals surface area contributed by atoms with Crippen LogP contribution < -0.4 is 4.72 Å². The molecule has 0 aliphatic carbocycles. The Hall–Kier alpha value is -1.66. The van der Waals surface area contributed by atoms with E-state index in [1.807, 2.05) is 25.1 Å². The van der Waals surface area contributed by atoms with Gasteiger partial charge in [-0.2, -0.15) is 12.7 Å². The number of para-hydroxylation sites is 1. The van der Waals surface area contributed by atoms with Gasteiger partial charge in [0.2, 0.25) is 0 Å². The molecule has 0 saturated heterocycles. The van der Waals surface area contributed by atoms with Crippen LogP contribution in [0.25, 0.3) is 10.9 Å². The Labute approximate surface area is 107 Å². The number of aryl methyl sites for hydroxylation is 1. The number of nitrogens with one attached hydrogen (secondary N) is 1. The number of nitrogens with zero attached hydrogens (tertiary/aromatic N) is 2. The van der Waals surface area contributed by atoms with Gasteiger partial charge in [0.25, 0.3) is 0 Å². The van der Waals surface area contributed by atoms with Crippen molar-refractivity contribution in [2.24, 2.45) is 0 Å². The lowest BCUT2D eigenvalue weighted by Crippen LogP contribution is -2.29. The van der Waals surface area contributed by atoms with E-state index in [1.165, 1.54) is 14.1 Å². The van der Waals surface area contributed by atoms with Gasteiger partial charge in [-0.1, -0.05) is 18.2 Å². The topological polar surface area (TPSA) is 62.3 Å². The molecule has 0 bridgehead atoms. The van der Waals surface area contributed by atoms with E-state index in [9.17, 15) is 8.42 Å². The van der Waals surface area contributed by atoms with Gasteiger partial charge in [0.1, 0.15) is 0 Å². The van der Waals surface area contributed by atoms with E-state index in [-0.39, 0.29) is 0 Å². The second-order valence-corrected chi connectivity index (χ2v) is 6.10. The maximum atomic E-state index is 11.8. The Balaban J connectivity index is 2.55. The highest BCUT2D eigenvalue weighted by atomic mass is 32.2. The number of hydrogen-bond donors (Lipinski definition) is 1. The van der Waals surface area contributed by atoms with Crippen molar-refractivity contribution in [2.45, 2.75) is 6.92 Å². The molecule has 1 heterocycles. The minimum Gasteiger partial charge on any atom is -0.269 e. The molecule has 0 saturated carbocycles. The molecular weight excluding hydrogens is 250 g/mol. The molecule has 1 aromatic carbocycles. The van der Waals surface area contributed by atoms with Crippen LogP contribution in [0.5, 0.6) is 0 Å². The molecule has 0 amide bonds. The fourth-order valence-electron chi connectivity index (χ4n) is 1.56. The summed E-state index contributed by atoms with van der Waals surface area (Å²) in [6.45, 7) is 1.87. The first kappa shape index (κ1) is 12.8. The lowest BCUT2D eigenvalue weighted by molar-refractivity contribution is 0.527. The van der Waals surface area contributed by atoms with Crippen molar-refractivity contribution in [1.82, 2.24) is 9.29 Å². The molecule has 5 nitrogen and oxygen atoms in total. The molecule has 0 spiro atoms. The standard InChI is InChI=1S/C12H15N3O2S/c1-9-7-8-10-5-4-6-11(12(10)13-9)14-18(16,17)15(2)3/h4-8,14H,1-3H3. The Morgan fingerprint density at radius 3 is 2.56 bits per heavy atom. The second-order valence-electron chi connectivity index (χ2n) is 4.22. The van der Waals surface area contributed by atoms with Crippen LogP contribution in [-0.2, 0) is 10.2 Å². The summed E-state index contributed by atoms with van der Waals surface area (Å²) >= 11 is 0. The maximum Gasteiger partial charge on any atom is 0.301 e. The van der Waals surface area contributed by atoms with Crippen molar-refractivity contribution < 1.29 is 8.42 Å². The molecule has 0 aliphatic heterocycles. The predicted octanol–water partition coefficient (Wildman–Crippen LogP) is 1.76. The number of fused-ring (bicyclic) bond motifs is 1. The lowest BCUT2D eigenvalue weighted by Gasteiger charge is -2.14. The highest BCUT2D eigenvalue weighted by Crippen LogP contribution is 2.22. The zero-order chi connectivity index (χ0) is 13.3. The monoisotopic (exact) mass is 265 g/mol. The van der Waals surface area contributed by atoms with E-state index in [1.54, 1.807) is 12.1 Å². The average molecular weight is 265 g/mol. The van der Waals surface area contributed by atoms with Crippen molar-refractivity contribution in [3.63, 3.8) is 0 Å². The van der Waals surface area contributed by atoms with E-state index < -0.39 is 10.2 Å². The van der Waals surface area contributed by atoms with E-state index in [4.69, 9.17) is 0 Å². The highest BCUT2D eigenvalue weighted by molar-refractivity contribution is 7.90. The first-order chi connectivity index (χ1) is 8.40. The fraction of sp³-hybridized carbons (Fsp3) is 0.250. The van der Waals surface area contributed by atoms with Gasteiger partial charge in [0.15, 0.2) is 0 Å². The van der Waals surface area contributed by atoms with Crippen LogP contribution in [-0.4, -0.2) is 31.8 Å². The van der Waals surface area contributed by atoms with Crippen molar-refractivity contribution in [2.75, 3.05) is 18.8 Å². The van der Waals surface area contributed by atoms with Gasteiger partial charge < -0.3 is 0 Å². The summed E-state index contributed by atoms with van der Waals surface area (Å²) in [4.78, 5) is 4.37. The van der Waals surface area contributed by atoms with E-state index in [0.29, 0.717) is 11.2 Å². The summed E-state index contributed by atoms with van der Waals surface area (Å²) in [5.74, 6) is 0. The predicted molar refractivity (Wildman–Crippen MR) is 72.7 cm³/mol. The number of benzene rings is 1. The Bertz CT molecular complexity index is 681. The number of hydrogen-bond acceptors (Lipinski definition) is 3. The highest BCUT2D eigenvalue weighted by Gasteiger charge is 2.14. The summed E-state index contributed by atoms with van der Waals surface area (Å²) in [6.07, 6.45) is 0. The molecule has 18 heavy (non-hydrogen) atoms. The molecule has 2 rings (SSSR count). The quantitative estimate of drug-likeness (QED) is 0.919. The zero-order valence-electron chi connectivity index (χ0n) is 10.5. The molecule has 6 heteroatoms. The van der Waals surface area contributed by atoms with Crippen LogP contribution in [0, 0.1) is 6.92 Å². The Morgan fingerprint density at radius 2 is 1.89 bits per heavy atom. The minimum atomic E-state index is -3.51. The second kappa shape index (κ2) is 4.55. The lowest BCUT2D eigenvalue weighted by atomic mass is 10.2. The van der Waals surface area contributed by atoms with Gasteiger partial charge in [-0.15, -0.1) is 0 Å². The summed E-state index contributed by atoms with van der Waals surface area (Å²) in [5, 5.41) is 0.902. The third-order valence-corrected chi connectivity index (χ3v) is 4.02. The normalized spacial score (nSPS) is 12.0.